The van der Waals surface area contributed by atoms with Gasteiger partial charge in [0.15, 0.2) is 0 Å². The number of aromatic nitrogens is 2. The summed E-state index contributed by atoms with van der Waals surface area (Å²) in [5.41, 5.74) is 8.60. The molecule has 53 heavy (non-hydrogen) atoms. The maximum Gasteiger partial charge on any atom is 0.326 e. The molecule has 1 saturated heterocycles. The summed E-state index contributed by atoms with van der Waals surface area (Å²) in [5, 5.41) is 32.2. The molecular weight excluding hydrogens is 676 g/mol. The highest BCUT2D eigenvalue weighted by molar-refractivity contribution is 5.92. The number of nitrogens with one attached hydrogen (secondary N) is 5. The van der Waals surface area contributed by atoms with Crippen LogP contribution in [0.15, 0.2) is 67.1 Å². The molecule has 0 saturated carbocycles. The van der Waals surface area contributed by atoms with Crippen molar-refractivity contribution >= 4 is 23.7 Å². The number of aliphatic carboxylic acids is 1. The van der Waals surface area contributed by atoms with Crippen molar-refractivity contribution in [3.05, 3.63) is 83.9 Å². The maximum absolute atomic E-state index is 14.2. The summed E-state index contributed by atoms with van der Waals surface area (Å²) in [6, 6.07) is 11.9. The van der Waals surface area contributed by atoms with Gasteiger partial charge >= 0.3 is 5.97 Å². The Bertz CT molecular complexity index is 1600. The van der Waals surface area contributed by atoms with Crippen LogP contribution in [0.4, 0.5) is 0 Å². The smallest absolute Gasteiger partial charge is 0.326 e. The lowest BCUT2D eigenvalue weighted by molar-refractivity contribution is -0.144. The van der Waals surface area contributed by atoms with E-state index in [1.54, 1.807) is 42.6 Å². The number of hydrogen-bond acceptors (Lipinski definition) is 9. The zero-order valence-electron chi connectivity index (χ0n) is 31.1. The first-order valence-corrected chi connectivity index (χ1v) is 18.5. The van der Waals surface area contributed by atoms with Crippen LogP contribution >= 0.6 is 0 Å². The molecule has 0 bridgehead atoms. The Labute approximate surface area is 311 Å². The van der Waals surface area contributed by atoms with Gasteiger partial charge in [-0.2, -0.15) is 0 Å². The van der Waals surface area contributed by atoms with Crippen LogP contribution in [0.2, 0.25) is 0 Å². The van der Waals surface area contributed by atoms with Crippen LogP contribution in [0.1, 0.15) is 57.4 Å². The average Bonchev–Trinajstić information content (AvgIpc) is 3.84. The number of likely N-dealkylation sites (tertiary alicyclic amines) is 1. The van der Waals surface area contributed by atoms with Crippen molar-refractivity contribution in [2.45, 2.75) is 96.1 Å². The summed E-state index contributed by atoms with van der Waals surface area (Å²) < 4.78 is 0. The fraction of sp³-hybridized carbons (Fsp3) is 0.513. The minimum atomic E-state index is -1.15. The van der Waals surface area contributed by atoms with Gasteiger partial charge in [0.25, 0.3) is 0 Å². The number of carbonyl (C=O) groups is 4. The second-order valence-corrected chi connectivity index (χ2v) is 14.6. The number of benzene rings is 2. The lowest BCUT2D eigenvalue weighted by atomic mass is 10.00. The first-order chi connectivity index (χ1) is 25.3. The first kappa shape index (κ1) is 41.0. The van der Waals surface area contributed by atoms with Gasteiger partial charge in [0, 0.05) is 50.8 Å². The predicted molar refractivity (Wildman–Crippen MR) is 202 cm³/mol. The summed E-state index contributed by atoms with van der Waals surface area (Å²) >= 11 is 0. The van der Waals surface area contributed by atoms with Crippen molar-refractivity contribution in [2.75, 3.05) is 19.6 Å². The van der Waals surface area contributed by atoms with E-state index in [1.807, 2.05) is 45.9 Å². The van der Waals surface area contributed by atoms with Gasteiger partial charge in [-0.3, -0.25) is 14.4 Å². The molecule has 2 aromatic carbocycles. The largest absolute Gasteiger partial charge is 0.508 e. The van der Waals surface area contributed by atoms with Crippen molar-refractivity contribution in [1.29, 1.82) is 0 Å². The Kier molecular flexibility index (Phi) is 15.4. The van der Waals surface area contributed by atoms with Crippen LogP contribution in [0.25, 0.3) is 0 Å². The second-order valence-electron chi connectivity index (χ2n) is 14.6. The molecule has 4 rings (SSSR count). The molecule has 3 amide bonds. The number of rotatable bonds is 20. The van der Waals surface area contributed by atoms with Gasteiger partial charge in [-0.05, 0) is 54.4 Å². The standard InChI is InChI=1S/C39H56N8O6/c1-24(2)30(40)21-42-31(17-27-12-14-29(48)15-13-27)36(49)46-34(25(3)4)22-43-32(19-28-20-41-23-44-28)38(51)47-16-8-11-35(47)37(50)45-33(39(52)53)18-26-9-6-5-7-10-26/h5-7,9-10,12-15,20,23-25,30-35,42-43,48H,8,11,16-19,21-22,40H2,1-4H3,(H,41,44)(H,45,50)(H,46,49)(H,52,53)/t30-,31+,32+,33+,34-,35+/m1/s1. The molecule has 3 aromatic rings. The Morgan fingerprint density at radius 2 is 1.53 bits per heavy atom. The summed E-state index contributed by atoms with van der Waals surface area (Å²) in [6.07, 6.45) is 4.97. The minimum Gasteiger partial charge on any atom is -0.508 e. The Balaban J connectivity index is 1.46. The summed E-state index contributed by atoms with van der Waals surface area (Å²) in [5.74, 6) is -1.83. The van der Waals surface area contributed by atoms with E-state index in [1.165, 1.54) is 11.2 Å². The third-order valence-corrected chi connectivity index (χ3v) is 9.87. The molecule has 1 fully saturated rings. The number of carbonyl (C=O) groups excluding carboxylic acids is 3. The van der Waals surface area contributed by atoms with Crippen LogP contribution in [0, 0.1) is 11.8 Å². The molecule has 14 heteroatoms. The third-order valence-electron chi connectivity index (χ3n) is 9.87. The number of aromatic amines is 1. The van der Waals surface area contributed by atoms with Crippen molar-refractivity contribution in [1.82, 2.24) is 36.1 Å². The number of carboxylic acid groups (broad SMARTS) is 1. The number of carboxylic acids is 1. The third kappa shape index (κ3) is 12.4. The molecule has 1 aliphatic rings. The lowest BCUT2D eigenvalue weighted by Gasteiger charge is -2.31. The van der Waals surface area contributed by atoms with Gasteiger partial charge in [0.05, 0.1) is 24.1 Å². The van der Waals surface area contributed by atoms with Crippen LogP contribution in [0.5, 0.6) is 5.75 Å². The number of hydrogen-bond donors (Lipinski definition) is 8. The monoisotopic (exact) mass is 732 g/mol. The van der Waals surface area contributed by atoms with Crippen LogP contribution in [0.3, 0.4) is 0 Å². The number of phenolic OH excluding ortho intramolecular Hbond substituents is 1. The van der Waals surface area contributed by atoms with Gasteiger partial charge in [0.2, 0.25) is 17.7 Å². The quantitative estimate of drug-likeness (QED) is 0.0843. The van der Waals surface area contributed by atoms with Crippen molar-refractivity contribution < 1.29 is 29.4 Å². The predicted octanol–water partition coefficient (Wildman–Crippen LogP) is 1.74. The maximum atomic E-state index is 14.2. The number of imidazole rings is 1. The van der Waals surface area contributed by atoms with E-state index in [2.05, 4.69) is 31.2 Å². The Morgan fingerprint density at radius 3 is 2.15 bits per heavy atom. The average molecular weight is 733 g/mol. The van der Waals surface area contributed by atoms with Gasteiger partial charge in [-0.25, -0.2) is 9.78 Å². The Morgan fingerprint density at radius 1 is 0.868 bits per heavy atom. The molecular formula is C39H56N8O6. The topological polar surface area (TPSA) is 215 Å². The number of nitrogens with two attached hydrogens (primary N) is 1. The molecule has 14 nitrogen and oxygen atoms in total. The normalized spacial score (nSPS) is 17.3. The van der Waals surface area contributed by atoms with E-state index >= 15 is 0 Å². The molecule has 2 heterocycles. The molecule has 6 atom stereocenters. The highest BCUT2D eigenvalue weighted by Crippen LogP contribution is 2.21. The fourth-order valence-corrected chi connectivity index (χ4v) is 6.32. The number of nitrogens with zero attached hydrogens (tertiary/aromatic N) is 2. The fourth-order valence-electron chi connectivity index (χ4n) is 6.32. The lowest BCUT2D eigenvalue weighted by Crippen LogP contribution is -2.58. The molecule has 1 aromatic heterocycles. The molecule has 9 N–H and O–H groups in total. The molecule has 1 aliphatic heterocycles. The van der Waals surface area contributed by atoms with Gasteiger partial charge in [-0.15, -0.1) is 0 Å². The van der Waals surface area contributed by atoms with E-state index in [9.17, 15) is 29.4 Å². The van der Waals surface area contributed by atoms with E-state index in [4.69, 9.17) is 5.73 Å². The number of aromatic hydroxyl groups is 1. The number of phenols is 1. The molecule has 0 aliphatic carbocycles. The van der Waals surface area contributed by atoms with Crippen molar-refractivity contribution in [3.63, 3.8) is 0 Å². The molecule has 288 valence electrons. The van der Waals surface area contributed by atoms with Crippen LogP contribution in [-0.2, 0) is 38.4 Å². The molecule has 0 spiro atoms. The summed E-state index contributed by atoms with van der Waals surface area (Å²) in [7, 11) is 0. The van der Waals surface area contributed by atoms with E-state index in [0.717, 1.165) is 11.1 Å². The van der Waals surface area contributed by atoms with Crippen molar-refractivity contribution in [2.24, 2.45) is 17.6 Å². The first-order valence-electron chi connectivity index (χ1n) is 18.5. The molecule has 0 radical (unpaired) electrons. The van der Waals surface area contributed by atoms with Gasteiger partial charge in [0.1, 0.15) is 17.8 Å². The highest BCUT2D eigenvalue weighted by Gasteiger charge is 2.39. The Hall–Kier alpha value is -4.79. The second kappa shape index (κ2) is 19.9. The van der Waals surface area contributed by atoms with E-state index < -0.39 is 36.0 Å². The number of amides is 3. The number of H-pyrrole nitrogens is 1. The van der Waals surface area contributed by atoms with Gasteiger partial charge < -0.3 is 47.1 Å². The van der Waals surface area contributed by atoms with Gasteiger partial charge in [-0.1, -0.05) is 70.2 Å². The summed E-state index contributed by atoms with van der Waals surface area (Å²) in [4.78, 5) is 62.5. The van der Waals surface area contributed by atoms with Crippen LogP contribution < -0.4 is 27.0 Å². The minimum absolute atomic E-state index is 0.0114. The zero-order valence-corrected chi connectivity index (χ0v) is 31.1. The summed E-state index contributed by atoms with van der Waals surface area (Å²) in [6.45, 7) is 9.07. The van der Waals surface area contributed by atoms with E-state index in [-0.39, 0.29) is 60.9 Å². The molecule has 0 unspecified atom stereocenters. The van der Waals surface area contributed by atoms with E-state index in [0.29, 0.717) is 38.0 Å². The zero-order chi connectivity index (χ0) is 38.5. The SMILES string of the molecule is CC(C)[C@H](N)CN[C@@H](Cc1ccc(O)cc1)C(=O)N[C@H](CN[C@@H](Cc1c[nH]cn1)C(=O)N1CCC[C@H]1C(=O)N[C@@H](Cc1ccccc1)C(=O)O)C(C)C. The highest BCUT2D eigenvalue weighted by atomic mass is 16.4. The van der Waals surface area contributed by atoms with Crippen LogP contribution in [-0.4, -0.2) is 105 Å². The van der Waals surface area contributed by atoms with Crippen molar-refractivity contribution in [3.8, 4) is 5.75 Å².